The first kappa shape index (κ1) is 18.7. The second kappa shape index (κ2) is 8.59. The van der Waals surface area contributed by atoms with Crippen LogP contribution in [0.5, 0.6) is 0 Å². The Hall–Kier alpha value is -2.62. The van der Waals surface area contributed by atoms with Gasteiger partial charge in [-0.15, -0.1) is 0 Å². The number of aryl methyl sites for hydroxylation is 1. The number of hydrogen-bond donors (Lipinski definition) is 0. The first-order valence-corrected chi connectivity index (χ1v) is 10.5. The van der Waals surface area contributed by atoms with Crippen LogP contribution in [0, 0.1) is 0 Å². The molecule has 0 aliphatic carbocycles. The topological polar surface area (TPSA) is 36.4 Å². The zero-order valence-electron chi connectivity index (χ0n) is 16.7. The van der Waals surface area contributed by atoms with Crippen molar-refractivity contribution in [3.05, 3.63) is 65.4 Å². The van der Waals surface area contributed by atoms with Crippen LogP contribution >= 0.6 is 0 Å². The van der Waals surface area contributed by atoms with E-state index in [0.717, 1.165) is 63.2 Å². The Labute approximate surface area is 167 Å². The normalized spacial score (nSPS) is 17.4. The van der Waals surface area contributed by atoms with Crippen LogP contribution in [0.4, 0.5) is 5.82 Å². The number of carbonyl (C=O) groups is 1. The molecule has 1 amide bonds. The Morgan fingerprint density at radius 1 is 1.04 bits per heavy atom. The van der Waals surface area contributed by atoms with Gasteiger partial charge in [0.2, 0.25) is 0 Å². The van der Waals surface area contributed by atoms with Gasteiger partial charge in [-0.05, 0) is 60.9 Å². The SMILES string of the molecule is CCc1ccc(C2=CCN(c3ncccc3C(=O)N3CCCCC3)CC2)cc1. The Kier molecular flexibility index (Phi) is 5.75. The van der Waals surface area contributed by atoms with Gasteiger partial charge >= 0.3 is 0 Å². The van der Waals surface area contributed by atoms with Crippen molar-refractivity contribution >= 4 is 17.3 Å². The molecule has 0 atom stereocenters. The summed E-state index contributed by atoms with van der Waals surface area (Å²) in [6, 6.07) is 12.7. The van der Waals surface area contributed by atoms with Crippen molar-refractivity contribution in [1.29, 1.82) is 0 Å². The summed E-state index contributed by atoms with van der Waals surface area (Å²) >= 11 is 0. The van der Waals surface area contributed by atoms with Crippen LogP contribution in [-0.2, 0) is 6.42 Å². The van der Waals surface area contributed by atoms with Crippen molar-refractivity contribution in [2.24, 2.45) is 0 Å². The highest BCUT2D eigenvalue weighted by Crippen LogP contribution is 2.28. The lowest BCUT2D eigenvalue weighted by atomic mass is 9.97. The first-order valence-electron chi connectivity index (χ1n) is 10.5. The van der Waals surface area contributed by atoms with Crippen LogP contribution in [0.3, 0.4) is 0 Å². The summed E-state index contributed by atoms with van der Waals surface area (Å²) in [5, 5.41) is 0. The molecule has 0 bridgehead atoms. The second-order valence-corrected chi connectivity index (χ2v) is 7.70. The minimum absolute atomic E-state index is 0.132. The van der Waals surface area contributed by atoms with Crippen molar-refractivity contribution in [1.82, 2.24) is 9.88 Å². The molecule has 0 radical (unpaired) electrons. The number of benzene rings is 1. The Bertz CT molecular complexity index is 850. The molecular weight excluding hydrogens is 346 g/mol. The number of likely N-dealkylation sites (tertiary alicyclic amines) is 1. The zero-order chi connectivity index (χ0) is 19.3. The number of rotatable bonds is 4. The van der Waals surface area contributed by atoms with E-state index in [2.05, 4.69) is 47.1 Å². The fourth-order valence-electron chi connectivity index (χ4n) is 4.16. The molecule has 0 unspecified atom stereocenters. The molecule has 146 valence electrons. The van der Waals surface area contributed by atoms with E-state index in [1.165, 1.54) is 23.1 Å². The maximum absolute atomic E-state index is 13.1. The maximum Gasteiger partial charge on any atom is 0.257 e. The third kappa shape index (κ3) is 3.96. The molecule has 4 heteroatoms. The van der Waals surface area contributed by atoms with Crippen molar-refractivity contribution in [3.63, 3.8) is 0 Å². The first-order chi connectivity index (χ1) is 13.8. The van der Waals surface area contributed by atoms with Crippen LogP contribution in [0.15, 0.2) is 48.7 Å². The highest BCUT2D eigenvalue weighted by Gasteiger charge is 2.24. The van der Waals surface area contributed by atoms with Crippen molar-refractivity contribution < 1.29 is 4.79 Å². The van der Waals surface area contributed by atoms with E-state index < -0.39 is 0 Å². The fourth-order valence-corrected chi connectivity index (χ4v) is 4.16. The molecule has 0 spiro atoms. The monoisotopic (exact) mass is 375 g/mol. The molecule has 2 aliphatic heterocycles. The van der Waals surface area contributed by atoms with Gasteiger partial charge in [-0.3, -0.25) is 4.79 Å². The average molecular weight is 376 g/mol. The predicted molar refractivity (Wildman–Crippen MR) is 115 cm³/mol. The lowest BCUT2D eigenvalue weighted by Gasteiger charge is -2.31. The summed E-state index contributed by atoms with van der Waals surface area (Å²) in [7, 11) is 0. The third-order valence-corrected chi connectivity index (χ3v) is 5.90. The standard InChI is InChI=1S/C24H29N3O/c1-2-19-8-10-20(11-9-19)21-12-17-26(18-13-21)23-22(7-6-14-25-23)24(28)27-15-4-3-5-16-27/h6-12,14H,2-5,13,15-18H2,1H3. The van der Waals surface area contributed by atoms with Crippen molar-refractivity contribution in [2.75, 3.05) is 31.1 Å². The van der Waals surface area contributed by atoms with Gasteiger partial charge in [-0.25, -0.2) is 4.98 Å². The molecule has 1 aromatic carbocycles. The number of nitrogens with zero attached hydrogens (tertiary/aromatic N) is 3. The number of aromatic nitrogens is 1. The molecule has 2 aromatic rings. The fraction of sp³-hybridized carbons (Fsp3) is 0.417. The maximum atomic E-state index is 13.1. The highest BCUT2D eigenvalue weighted by atomic mass is 16.2. The summed E-state index contributed by atoms with van der Waals surface area (Å²) in [5.74, 6) is 0.961. The minimum atomic E-state index is 0.132. The van der Waals surface area contributed by atoms with Gasteiger partial charge in [-0.2, -0.15) is 0 Å². The minimum Gasteiger partial charge on any atom is -0.352 e. The summed E-state index contributed by atoms with van der Waals surface area (Å²) in [4.78, 5) is 21.9. The predicted octanol–water partition coefficient (Wildman–Crippen LogP) is 4.56. The number of piperidine rings is 1. The van der Waals surface area contributed by atoms with E-state index in [9.17, 15) is 4.79 Å². The Morgan fingerprint density at radius 3 is 2.50 bits per heavy atom. The summed E-state index contributed by atoms with van der Waals surface area (Å²) in [6.07, 6.45) is 9.56. The summed E-state index contributed by atoms with van der Waals surface area (Å²) in [6.45, 7) is 5.60. The van der Waals surface area contributed by atoms with E-state index in [1.807, 2.05) is 17.0 Å². The Balaban J connectivity index is 1.51. The molecule has 4 rings (SSSR count). The summed E-state index contributed by atoms with van der Waals surface area (Å²) < 4.78 is 0. The molecule has 0 N–H and O–H groups in total. The van der Waals surface area contributed by atoms with Gasteiger partial charge in [0.1, 0.15) is 5.82 Å². The number of hydrogen-bond acceptors (Lipinski definition) is 3. The van der Waals surface area contributed by atoms with Gasteiger partial charge in [-0.1, -0.05) is 37.3 Å². The quantitative estimate of drug-likeness (QED) is 0.786. The smallest absolute Gasteiger partial charge is 0.257 e. The molecule has 2 aliphatic rings. The summed E-state index contributed by atoms with van der Waals surface area (Å²) in [5.41, 5.74) is 4.81. The van der Waals surface area contributed by atoms with Crippen LogP contribution in [0.25, 0.3) is 5.57 Å². The van der Waals surface area contributed by atoms with Crippen LogP contribution in [-0.4, -0.2) is 42.0 Å². The van der Waals surface area contributed by atoms with Gasteiger partial charge in [0.05, 0.1) is 5.56 Å². The van der Waals surface area contributed by atoms with E-state index in [-0.39, 0.29) is 5.91 Å². The van der Waals surface area contributed by atoms with E-state index in [0.29, 0.717) is 0 Å². The molecule has 1 aromatic heterocycles. The van der Waals surface area contributed by atoms with Crippen LogP contribution in [0.2, 0.25) is 0 Å². The van der Waals surface area contributed by atoms with Gasteiger partial charge in [0, 0.05) is 32.4 Å². The lowest BCUT2D eigenvalue weighted by Crippen LogP contribution is -2.37. The van der Waals surface area contributed by atoms with E-state index in [4.69, 9.17) is 0 Å². The molecular formula is C24H29N3O. The molecule has 1 saturated heterocycles. The van der Waals surface area contributed by atoms with Crippen molar-refractivity contribution in [3.8, 4) is 0 Å². The second-order valence-electron chi connectivity index (χ2n) is 7.70. The number of carbonyl (C=O) groups excluding carboxylic acids is 1. The molecule has 28 heavy (non-hydrogen) atoms. The number of amides is 1. The Morgan fingerprint density at radius 2 is 1.82 bits per heavy atom. The van der Waals surface area contributed by atoms with Crippen molar-refractivity contribution in [2.45, 2.75) is 39.0 Å². The van der Waals surface area contributed by atoms with E-state index >= 15 is 0 Å². The number of anilines is 1. The molecule has 3 heterocycles. The average Bonchev–Trinajstić information content (AvgIpc) is 2.79. The highest BCUT2D eigenvalue weighted by molar-refractivity contribution is 5.99. The molecule has 4 nitrogen and oxygen atoms in total. The molecule has 1 fully saturated rings. The van der Waals surface area contributed by atoms with Crippen LogP contribution < -0.4 is 4.90 Å². The van der Waals surface area contributed by atoms with Gasteiger partial charge in [0.25, 0.3) is 5.91 Å². The van der Waals surface area contributed by atoms with Gasteiger partial charge < -0.3 is 9.80 Å². The van der Waals surface area contributed by atoms with Crippen LogP contribution in [0.1, 0.15) is 54.1 Å². The van der Waals surface area contributed by atoms with E-state index in [1.54, 1.807) is 6.20 Å². The number of pyridine rings is 1. The largest absolute Gasteiger partial charge is 0.352 e. The van der Waals surface area contributed by atoms with Gasteiger partial charge in [0.15, 0.2) is 0 Å². The molecule has 0 saturated carbocycles. The lowest BCUT2D eigenvalue weighted by molar-refractivity contribution is 0.0724. The zero-order valence-corrected chi connectivity index (χ0v) is 16.7. The third-order valence-electron chi connectivity index (χ3n) is 5.90.